The molecule has 1 aromatic carbocycles. The van der Waals surface area contributed by atoms with E-state index >= 15 is 0 Å². The summed E-state index contributed by atoms with van der Waals surface area (Å²) in [4.78, 5) is 4.75. The smallest absolute Gasteiger partial charge is 0.129 e. The largest absolute Gasteiger partial charge is 0.326 e. The van der Waals surface area contributed by atoms with Crippen LogP contribution in [0.15, 0.2) is 18.2 Å². The molecule has 0 aliphatic heterocycles. The van der Waals surface area contributed by atoms with E-state index < -0.39 is 0 Å². The van der Waals surface area contributed by atoms with E-state index in [2.05, 4.69) is 36.7 Å². The van der Waals surface area contributed by atoms with Gasteiger partial charge in [0, 0.05) is 11.6 Å². The van der Waals surface area contributed by atoms with E-state index in [0.29, 0.717) is 0 Å². The number of nitrogens with zero attached hydrogens (tertiary/aromatic N) is 2. The zero-order valence-corrected chi connectivity index (χ0v) is 12.2. The Bertz CT molecular complexity index is 557. The highest BCUT2D eigenvalue weighted by atomic mass is 35.5. The van der Waals surface area contributed by atoms with Gasteiger partial charge in [0.2, 0.25) is 0 Å². The number of nitrogens with one attached hydrogen (secondary N) is 1. The van der Waals surface area contributed by atoms with Crippen molar-refractivity contribution in [3.8, 4) is 0 Å². The minimum atomic E-state index is -0.152. The van der Waals surface area contributed by atoms with Crippen molar-refractivity contribution >= 4 is 22.6 Å². The first-order valence-electron chi connectivity index (χ1n) is 6.34. The third-order valence-electron chi connectivity index (χ3n) is 3.34. The maximum Gasteiger partial charge on any atom is 0.129 e. The molecule has 0 aliphatic carbocycles. The minimum absolute atomic E-state index is 0.152. The van der Waals surface area contributed by atoms with Gasteiger partial charge in [-0.2, -0.15) is 0 Å². The summed E-state index contributed by atoms with van der Waals surface area (Å²) in [5.74, 6) is 1.06. The Balaban J connectivity index is 2.68. The Hall–Kier alpha value is -1.06. The third-order valence-corrected chi connectivity index (χ3v) is 3.58. The lowest BCUT2D eigenvalue weighted by Gasteiger charge is -2.24. The van der Waals surface area contributed by atoms with Crippen LogP contribution in [-0.2, 0) is 12.1 Å². The maximum absolute atomic E-state index is 6.04. The van der Waals surface area contributed by atoms with Gasteiger partial charge in [0.1, 0.15) is 5.82 Å². The van der Waals surface area contributed by atoms with Gasteiger partial charge in [-0.15, -0.1) is 0 Å². The lowest BCUT2D eigenvalue weighted by atomic mass is 10.1. The van der Waals surface area contributed by atoms with Crippen LogP contribution < -0.4 is 5.32 Å². The fourth-order valence-corrected chi connectivity index (χ4v) is 2.31. The van der Waals surface area contributed by atoms with Gasteiger partial charge in [0.05, 0.1) is 16.6 Å². The Morgan fingerprint density at radius 3 is 2.72 bits per heavy atom. The van der Waals surface area contributed by atoms with Crippen molar-refractivity contribution in [1.82, 2.24) is 14.9 Å². The van der Waals surface area contributed by atoms with Gasteiger partial charge in [0.15, 0.2) is 0 Å². The Morgan fingerprint density at radius 2 is 2.11 bits per heavy atom. The summed E-state index contributed by atoms with van der Waals surface area (Å²) in [7, 11) is 1.96. The van der Waals surface area contributed by atoms with Crippen molar-refractivity contribution in [3.63, 3.8) is 0 Å². The summed E-state index contributed by atoms with van der Waals surface area (Å²) in [5, 5.41) is 4.05. The zero-order chi connectivity index (χ0) is 13.3. The molecule has 0 fully saturated rings. The van der Waals surface area contributed by atoms with Gasteiger partial charge in [-0.25, -0.2) is 4.98 Å². The highest BCUT2D eigenvalue weighted by Gasteiger charge is 2.25. The Kier molecular flexibility index (Phi) is 3.64. The second-order valence-corrected chi connectivity index (χ2v) is 5.53. The summed E-state index contributed by atoms with van der Waals surface area (Å²) in [5.41, 5.74) is 1.97. The second-order valence-electron chi connectivity index (χ2n) is 5.10. The van der Waals surface area contributed by atoms with Crippen molar-refractivity contribution in [3.05, 3.63) is 29.0 Å². The lowest BCUT2D eigenvalue weighted by molar-refractivity contribution is 0.397. The molecule has 98 valence electrons. The van der Waals surface area contributed by atoms with E-state index in [1.165, 1.54) is 0 Å². The fourth-order valence-electron chi connectivity index (χ4n) is 2.14. The Morgan fingerprint density at radius 1 is 1.39 bits per heavy atom. The van der Waals surface area contributed by atoms with Crippen LogP contribution in [0.25, 0.3) is 11.0 Å². The van der Waals surface area contributed by atoms with Crippen LogP contribution in [0.2, 0.25) is 5.02 Å². The molecule has 0 spiro atoms. The highest BCUT2D eigenvalue weighted by molar-refractivity contribution is 6.31. The normalized spacial score (nSPS) is 12.3. The first-order chi connectivity index (χ1) is 8.49. The molecular weight excluding hydrogens is 246 g/mol. The molecule has 0 saturated heterocycles. The molecule has 18 heavy (non-hydrogen) atoms. The summed E-state index contributed by atoms with van der Waals surface area (Å²) in [6.07, 6.45) is 1.08. The van der Waals surface area contributed by atoms with Crippen LogP contribution in [0.5, 0.6) is 0 Å². The fraction of sp³-hybridized carbons (Fsp3) is 0.500. The average Bonchev–Trinajstić information content (AvgIpc) is 2.68. The molecule has 0 bridgehead atoms. The van der Waals surface area contributed by atoms with Crippen LogP contribution in [0.1, 0.15) is 33.0 Å². The number of rotatable bonds is 4. The van der Waals surface area contributed by atoms with Crippen LogP contribution in [0.4, 0.5) is 0 Å². The first-order valence-corrected chi connectivity index (χ1v) is 6.72. The number of aryl methyl sites for hydroxylation is 1. The molecule has 0 unspecified atom stereocenters. The van der Waals surface area contributed by atoms with Crippen molar-refractivity contribution in [1.29, 1.82) is 0 Å². The first kappa shape index (κ1) is 13.4. The van der Waals surface area contributed by atoms with Crippen molar-refractivity contribution in [2.45, 2.75) is 39.3 Å². The molecule has 2 aromatic rings. The van der Waals surface area contributed by atoms with E-state index in [0.717, 1.165) is 34.8 Å². The quantitative estimate of drug-likeness (QED) is 0.916. The van der Waals surface area contributed by atoms with E-state index in [1.807, 2.05) is 19.2 Å². The van der Waals surface area contributed by atoms with Crippen LogP contribution in [0, 0.1) is 0 Å². The molecule has 0 saturated carbocycles. The van der Waals surface area contributed by atoms with Gasteiger partial charge < -0.3 is 9.88 Å². The third kappa shape index (κ3) is 2.25. The van der Waals surface area contributed by atoms with Gasteiger partial charge in [0.25, 0.3) is 0 Å². The average molecular weight is 266 g/mol. The summed E-state index contributed by atoms with van der Waals surface area (Å²) in [6.45, 7) is 7.43. The molecule has 4 heteroatoms. The molecule has 1 N–H and O–H groups in total. The molecule has 1 aromatic heterocycles. The predicted octanol–water partition coefficient (Wildman–Crippen LogP) is 3.55. The van der Waals surface area contributed by atoms with E-state index in [-0.39, 0.29) is 5.54 Å². The molecule has 0 atom stereocenters. The number of imidazole rings is 1. The monoisotopic (exact) mass is 265 g/mol. The van der Waals surface area contributed by atoms with E-state index in [1.54, 1.807) is 0 Å². The number of hydrogen-bond acceptors (Lipinski definition) is 2. The summed E-state index contributed by atoms with van der Waals surface area (Å²) in [6, 6.07) is 5.90. The van der Waals surface area contributed by atoms with Gasteiger partial charge in [-0.05, 0) is 45.5 Å². The highest BCUT2D eigenvalue weighted by Crippen LogP contribution is 2.26. The van der Waals surface area contributed by atoms with E-state index in [9.17, 15) is 0 Å². The van der Waals surface area contributed by atoms with Crippen LogP contribution >= 0.6 is 11.6 Å². The topological polar surface area (TPSA) is 29.9 Å². The van der Waals surface area contributed by atoms with Gasteiger partial charge in [-0.3, -0.25) is 0 Å². The molecular formula is C14H20ClN3. The molecule has 0 radical (unpaired) electrons. The molecule has 2 rings (SSSR count). The van der Waals surface area contributed by atoms with Gasteiger partial charge in [-0.1, -0.05) is 18.5 Å². The Labute approximate surface area is 113 Å². The van der Waals surface area contributed by atoms with Crippen molar-refractivity contribution in [2.75, 3.05) is 7.05 Å². The van der Waals surface area contributed by atoms with E-state index in [4.69, 9.17) is 16.6 Å². The SMILES string of the molecule is CCCn1c(C(C)(C)NC)nc2cc(Cl)ccc21. The number of aromatic nitrogens is 2. The standard InChI is InChI=1S/C14H20ClN3/c1-5-8-18-12-7-6-10(15)9-11(12)17-13(18)14(2,3)16-4/h6-7,9,16H,5,8H2,1-4H3. The zero-order valence-electron chi connectivity index (χ0n) is 11.4. The summed E-state index contributed by atoms with van der Waals surface area (Å²) < 4.78 is 2.28. The second kappa shape index (κ2) is 4.90. The number of hydrogen-bond donors (Lipinski definition) is 1. The minimum Gasteiger partial charge on any atom is -0.326 e. The van der Waals surface area contributed by atoms with Gasteiger partial charge >= 0.3 is 0 Å². The number of fused-ring (bicyclic) bond motifs is 1. The van der Waals surface area contributed by atoms with Crippen LogP contribution in [0.3, 0.4) is 0 Å². The number of halogens is 1. The maximum atomic E-state index is 6.04. The van der Waals surface area contributed by atoms with Crippen molar-refractivity contribution in [2.24, 2.45) is 0 Å². The number of benzene rings is 1. The molecule has 3 nitrogen and oxygen atoms in total. The van der Waals surface area contributed by atoms with Crippen molar-refractivity contribution < 1.29 is 0 Å². The lowest BCUT2D eigenvalue weighted by Crippen LogP contribution is -2.36. The predicted molar refractivity (Wildman–Crippen MR) is 77.1 cm³/mol. The summed E-state index contributed by atoms with van der Waals surface area (Å²) >= 11 is 6.04. The molecule has 1 heterocycles. The molecule has 0 aliphatic rings. The molecule has 0 amide bonds. The van der Waals surface area contributed by atoms with Crippen LogP contribution in [-0.4, -0.2) is 16.6 Å².